The molecule has 2 aromatic carbocycles. The largest absolute Gasteiger partial charge is 0.413 e. The lowest BCUT2D eigenvalue weighted by molar-refractivity contribution is 0.0882. The minimum Gasteiger partial charge on any atom is -0.413 e. The van der Waals surface area contributed by atoms with Gasteiger partial charge in [-0.3, -0.25) is 0 Å². The Labute approximate surface area is 166 Å². The molecule has 0 heterocycles. The second-order valence-electron chi connectivity index (χ2n) is 8.92. The minimum absolute atomic E-state index is 0.0625. The van der Waals surface area contributed by atoms with Crippen LogP contribution in [0.2, 0.25) is 19.6 Å². The van der Waals surface area contributed by atoms with Crippen molar-refractivity contribution in [2.75, 3.05) is 6.16 Å². The third kappa shape index (κ3) is 7.06. The zero-order valence-electron chi connectivity index (χ0n) is 17.6. The van der Waals surface area contributed by atoms with E-state index >= 15 is 0 Å². The Balaban J connectivity index is 1.97. The van der Waals surface area contributed by atoms with Crippen LogP contribution >= 0.6 is 7.14 Å². The first kappa shape index (κ1) is 22.1. The molecule has 0 aromatic heterocycles. The standard InChI is InChI=1S/C23H35O2PSi/c1-23(2,25-27(3,4)5)19-13-8-14-20-26(24,21-15-9-6-10-16-21)22-17-11-7-12-18-22/h6-7,9-12,15-18H,8,13-14,19-20H2,1-5H3. The number of hydrogen-bond acceptors (Lipinski definition) is 2. The van der Waals surface area contributed by atoms with Gasteiger partial charge in [-0.25, -0.2) is 0 Å². The van der Waals surface area contributed by atoms with Crippen LogP contribution in [-0.4, -0.2) is 20.1 Å². The van der Waals surface area contributed by atoms with E-state index in [1.54, 1.807) is 0 Å². The van der Waals surface area contributed by atoms with Crippen molar-refractivity contribution in [3.63, 3.8) is 0 Å². The summed E-state index contributed by atoms with van der Waals surface area (Å²) in [7, 11) is -4.09. The third-order valence-electron chi connectivity index (χ3n) is 4.68. The van der Waals surface area contributed by atoms with Gasteiger partial charge >= 0.3 is 0 Å². The van der Waals surface area contributed by atoms with Crippen LogP contribution < -0.4 is 10.6 Å². The molecule has 2 nitrogen and oxygen atoms in total. The van der Waals surface area contributed by atoms with Crippen molar-refractivity contribution in [1.82, 2.24) is 0 Å². The number of unbranched alkanes of at least 4 members (excludes halogenated alkanes) is 2. The summed E-state index contributed by atoms with van der Waals surface area (Å²) < 4.78 is 20.2. The van der Waals surface area contributed by atoms with Crippen LogP contribution in [0.15, 0.2) is 60.7 Å². The molecule has 0 N–H and O–H groups in total. The van der Waals surface area contributed by atoms with Gasteiger partial charge < -0.3 is 8.99 Å². The van der Waals surface area contributed by atoms with E-state index < -0.39 is 15.5 Å². The zero-order valence-corrected chi connectivity index (χ0v) is 19.5. The normalized spacial score (nSPS) is 12.9. The Morgan fingerprint density at radius 1 is 0.815 bits per heavy atom. The number of benzene rings is 2. The highest BCUT2D eigenvalue weighted by molar-refractivity contribution is 7.78. The van der Waals surface area contributed by atoms with E-state index in [0.717, 1.165) is 42.5 Å². The lowest BCUT2D eigenvalue weighted by Gasteiger charge is -2.33. The van der Waals surface area contributed by atoms with E-state index in [4.69, 9.17) is 4.43 Å². The molecule has 4 heteroatoms. The molecule has 0 spiro atoms. The van der Waals surface area contributed by atoms with Crippen molar-refractivity contribution in [2.24, 2.45) is 0 Å². The first-order chi connectivity index (χ1) is 12.6. The molecule has 27 heavy (non-hydrogen) atoms. The maximum atomic E-state index is 13.9. The highest BCUT2D eigenvalue weighted by Gasteiger charge is 2.28. The van der Waals surface area contributed by atoms with Gasteiger partial charge in [0.05, 0.1) is 5.60 Å². The fraction of sp³-hybridized carbons (Fsp3) is 0.478. The Kier molecular flexibility index (Phi) is 7.68. The molecule has 2 aromatic rings. The number of rotatable bonds is 10. The predicted molar refractivity (Wildman–Crippen MR) is 122 cm³/mol. The van der Waals surface area contributed by atoms with Crippen molar-refractivity contribution in [3.8, 4) is 0 Å². The van der Waals surface area contributed by atoms with Crippen molar-refractivity contribution >= 4 is 26.1 Å². The summed E-state index contributed by atoms with van der Waals surface area (Å²) in [5, 5.41) is 1.94. The first-order valence-corrected chi connectivity index (χ1v) is 15.3. The molecule has 0 atom stereocenters. The first-order valence-electron chi connectivity index (χ1n) is 10.0. The predicted octanol–water partition coefficient (Wildman–Crippen LogP) is 6.19. The Bertz CT molecular complexity index is 692. The molecule has 0 saturated carbocycles. The monoisotopic (exact) mass is 402 g/mol. The van der Waals surface area contributed by atoms with Gasteiger partial charge in [0, 0.05) is 16.8 Å². The fourth-order valence-corrected chi connectivity index (χ4v) is 8.24. The van der Waals surface area contributed by atoms with Gasteiger partial charge in [-0.1, -0.05) is 73.5 Å². The summed E-state index contributed by atoms with van der Waals surface area (Å²) in [4.78, 5) is 0. The van der Waals surface area contributed by atoms with Crippen LogP contribution in [0.4, 0.5) is 0 Å². The Morgan fingerprint density at radius 2 is 1.30 bits per heavy atom. The average molecular weight is 403 g/mol. The molecular formula is C23H35O2PSi. The van der Waals surface area contributed by atoms with E-state index in [-0.39, 0.29) is 5.60 Å². The molecule has 0 radical (unpaired) electrons. The third-order valence-corrected chi connectivity index (χ3v) is 9.06. The topological polar surface area (TPSA) is 26.3 Å². The van der Waals surface area contributed by atoms with Crippen molar-refractivity contribution in [2.45, 2.75) is 64.8 Å². The summed E-state index contributed by atoms with van der Waals surface area (Å²) in [6.45, 7) is 11.1. The van der Waals surface area contributed by atoms with Gasteiger partial charge in [-0.2, -0.15) is 0 Å². The molecule has 0 saturated heterocycles. The van der Waals surface area contributed by atoms with E-state index in [1.807, 2.05) is 60.7 Å². The van der Waals surface area contributed by atoms with Crippen LogP contribution in [-0.2, 0) is 8.99 Å². The summed E-state index contributed by atoms with van der Waals surface area (Å²) in [5.74, 6) is 0. The van der Waals surface area contributed by atoms with Crippen LogP contribution in [0.1, 0.15) is 39.5 Å². The van der Waals surface area contributed by atoms with Crippen molar-refractivity contribution < 1.29 is 8.99 Å². The lowest BCUT2D eigenvalue weighted by atomic mass is 10.0. The van der Waals surface area contributed by atoms with Gasteiger partial charge in [-0.15, -0.1) is 0 Å². The quantitative estimate of drug-likeness (QED) is 0.269. The van der Waals surface area contributed by atoms with Crippen LogP contribution in [0.25, 0.3) is 0 Å². The molecule has 0 aliphatic carbocycles. The maximum absolute atomic E-state index is 13.9. The molecule has 0 fully saturated rings. The van der Waals surface area contributed by atoms with E-state index in [2.05, 4.69) is 33.5 Å². The smallest absolute Gasteiger partial charge is 0.184 e. The van der Waals surface area contributed by atoms with Crippen LogP contribution in [0.3, 0.4) is 0 Å². The van der Waals surface area contributed by atoms with Crippen LogP contribution in [0.5, 0.6) is 0 Å². The van der Waals surface area contributed by atoms with Crippen molar-refractivity contribution in [3.05, 3.63) is 60.7 Å². The maximum Gasteiger partial charge on any atom is 0.184 e. The number of hydrogen-bond donors (Lipinski definition) is 0. The van der Waals surface area contributed by atoms with Crippen molar-refractivity contribution in [1.29, 1.82) is 0 Å². The highest BCUT2D eigenvalue weighted by atomic mass is 31.2. The molecule has 0 bridgehead atoms. The Morgan fingerprint density at radius 3 is 1.74 bits per heavy atom. The zero-order chi connectivity index (χ0) is 20.0. The highest BCUT2D eigenvalue weighted by Crippen LogP contribution is 2.44. The van der Waals surface area contributed by atoms with Gasteiger partial charge in [0.15, 0.2) is 8.32 Å². The Hall–Kier alpha value is -1.15. The van der Waals surface area contributed by atoms with Crippen LogP contribution in [0, 0.1) is 0 Å². The summed E-state index contributed by atoms with van der Waals surface area (Å²) >= 11 is 0. The van der Waals surface area contributed by atoms with E-state index in [9.17, 15) is 4.57 Å². The SMILES string of the molecule is CC(C)(CCCCCP(=O)(c1ccccc1)c1ccccc1)O[Si](C)(C)C. The molecule has 0 aliphatic rings. The van der Waals surface area contributed by atoms with Gasteiger partial charge in [-0.05, 0) is 46.3 Å². The second-order valence-corrected chi connectivity index (χ2v) is 16.3. The van der Waals surface area contributed by atoms with Gasteiger partial charge in [0.25, 0.3) is 0 Å². The summed E-state index contributed by atoms with van der Waals surface area (Å²) in [6, 6.07) is 20.0. The second kappa shape index (κ2) is 9.36. The fourth-order valence-electron chi connectivity index (χ4n) is 3.69. The average Bonchev–Trinajstić information content (AvgIpc) is 2.60. The van der Waals surface area contributed by atoms with Gasteiger partial charge in [0.1, 0.15) is 7.14 Å². The van der Waals surface area contributed by atoms with E-state index in [0.29, 0.717) is 0 Å². The summed E-state index contributed by atoms with van der Waals surface area (Å²) in [6.07, 6.45) is 4.96. The summed E-state index contributed by atoms with van der Waals surface area (Å²) in [5.41, 5.74) is -0.0625. The molecule has 2 rings (SSSR count). The minimum atomic E-state index is -2.56. The molecule has 0 amide bonds. The molecule has 0 aliphatic heterocycles. The van der Waals surface area contributed by atoms with Gasteiger partial charge in [0.2, 0.25) is 0 Å². The molecular weight excluding hydrogens is 367 g/mol. The molecule has 148 valence electrons. The lowest BCUT2D eigenvalue weighted by Crippen LogP contribution is -2.38. The van der Waals surface area contributed by atoms with E-state index in [1.165, 1.54) is 0 Å². The molecule has 0 unspecified atom stereocenters.